The molecule has 0 saturated heterocycles. The van der Waals surface area contributed by atoms with Gasteiger partial charge in [0.05, 0.1) is 4.88 Å². The van der Waals surface area contributed by atoms with Crippen LogP contribution >= 0.6 is 22.9 Å². The summed E-state index contributed by atoms with van der Waals surface area (Å²) in [4.78, 5) is 14.8. The number of hydrogen-bond donors (Lipinski definition) is 0. The Balaban J connectivity index is 2.29. The van der Waals surface area contributed by atoms with E-state index in [-0.39, 0.29) is 5.91 Å². The van der Waals surface area contributed by atoms with Gasteiger partial charge in [-0.3, -0.25) is 4.79 Å². The van der Waals surface area contributed by atoms with E-state index < -0.39 is 0 Å². The zero-order valence-corrected chi connectivity index (χ0v) is 11.2. The highest BCUT2D eigenvalue weighted by atomic mass is 35.5. The zero-order valence-electron chi connectivity index (χ0n) is 9.65. The topological polar surface area (TPSA) is 20.3 Å². The fourth-order valence-electron chi connectivity index (χ4n) is 1.75. The van der Waals surface area contributed by atoms with Crippen molar-refractivity contribution in [1.29, 1.82) is 0 Å². The molecule has 0 atom stereocenters. The number of halogens is 1. The number of alkyl halides is 1. The van der Waals surface area contributed by atoms with Gasteiger partial charge >= 0.3 is 0 Å². The summed E-state index contributed by atoms with van der Waals surface area (Å²) in [7, 11) is 0. The van der Waals surface area contributed by atoms with Crippen LogP contribution in [0.3, 0.4) is 0 Å². The Kier molecular flexibility index (Phi) is 4.02. The van der Waals surface area contributed by atoms with Gasteiger partial charge in [-0.25, -0.2) is 0 Å². The lowest BCUT2D eigenvalue weighted by Crippen LogP contribution is -2.31. The van der Waals surface area contributed by atoms with Crippen LogP contribution in [0.15, 0.2) is 30.3 Å². The number of benzene rings is 1. The number of thiophene rings is 1. The van der Waals surface area contributed by atoms with Crippen LogP contribution in [0, 0.1) is 0 Å². The van der Waals surface area contributed by atoms with E-state index in [1.807, 2.05) is 37.3 Å². The van der Waals surface area contributed by atoms with Crippen molar-refractivity contribution >= 4 is 38.9 Å². The van der Waals surface area contributed by atoms with Crippen LogP contribution in [-0.4, -0.2) is 29.8 Å². The zero-order chi connectivity index (χ0) is 12.3. The van der Waals surface area contributed by atoms with E-state index >= 15 is 0 Å². The summed E-state index contributed by atoms with van der Waals surface area (Å²) in [5.41, 5.74) is 0. The van der Waals surface area contributed by atoms with Crippen molar-refractivity contribution in [2.24, 2.45) is 0 Å². The molecular formula is C13H14ClNOS. The molecule has 0 unspecified atom stereocenters. The number of nitrogens with zero attached hydrogens (tertiary/aromatic N) is 1. The standard InChI is InChI=1S/C13H14ClNOS/c1-2-15(8-7-14)13(16)12-9-10-5-3-4-6-11(10)17-12/h3-6,9H,2,7-8H2,1H3. The third-order valence-corrected chi connectivity index (χ3v) is 3.93. The SMILES string of the molecule is CCN(CCCl)C(=O)c1cc2ccccc2s1. The number of amides is 1. The molecule has 4 heteroatoms. The average Bonchev–Trinajstić information content (AvgIpc) is 2.78. The van der Waals surface area contributed by atoms with Gasteiger partial charge < -0.3 is 4.90 Å². The number of fused-ring (bicyclic) bond motifs is 1. The summed E-state index contributed by atoms with van der Waals surface area (Å²) < 4.78 is 1.15. The molecule has 2 nitrogen and oxygen atoms in total. The van der Waals surface area contributed by atoms with Gasteiger partial charge in [0.1, 0.15) is 0 Å². The van der Waals surface area contributed by atoms with Crippen LogP contribution < -0.4 is 0 Å². The third-order valence-electron chi connectivity index (χ3n) is 2.66. The van der Waals surface area contributed by atoms with Gasteiger partial charge in [-0.1, -0.05) is 18.2 Å². The van der Waals surface area contributed by atoms with E-state index in [1.54, 1.807) is 16.2 Å². The van der Waals surface area contributed by atoms with Crippen LogP contribution in [0.4, 0.5) is 0 Å². The summed E-state index contributed by atoms with van der Waals surface area (Å²) in [6.07, 6.45) is 0. The van der Waals surface area contributed by atoms with Crippen LogP contribution in [0.5, 0.6) is 0 Å². The van der Waals surface area contributed by atoms with Gasteiger partial charge in [0.15, 0.2) is 0 Å². The monoisotopic (exact) mass is 267 g/mol. The maximum absolute atomic E-state index is 12.2. The molecule has 0 N–H and O–H groups in total. The van der Waals surface area contributed by atoms with E-state index in [9.17, 15) is 4.79 Å². The summed E-state index contributed by atoms with van der Waals surface area (Å²) >= 11 is 7.24. The van der Waals surface area contributed by atoms with Crippen LogP contribution in [0.25, 0.3) is 10.1 Å². The summed E-state index contributed by atoms with van der Waals surface area (Å²) in [6.45, 7) is 3.27. The molecule has 17 heavy (non-hydrogen) atoms. The Morgan fingerprint density at radius 3 is 2.82 bits per heavy atom. The minimum absolute atomic E-state index is 0.0781. The molecule has 0 bridgehead atoms. The fraction of sp³-hybridized carbons (Fsp3) is 0.308. The molecule has 2 rings (SSSR count). The number of rotatable bonds is 4. The maximum Gasteiger partial charge on any atom is 0.263 e. The molecule has 90 valence electrons. The third kappa shape index (κ3) is 2.61. The van der Waals surface area contributed by atoms with Crippen molar-refractivity contribution < 1.29 is 4.79 Å². The molecule has 1 amide bonds. The highest BCUT2D eigenvalue weighted by Crippen LogP contribution is 2.26. The first-order valence-electron chi connectivity index (χ1n) is 5.60. The van der Waals surface area contributed by atoms with Gasteiger partial charge in [-0.2, -0.15) is 0 Å². The molecule has 0 spiro atoms. The Hall–Kier alpha value is -1.06. The van der Waals surface area contributed by atoms with Gasteiger partial charge in [-0.15, -0.1) is 22.9 Å². The van der Waals surface area contributed by atoms with E-state index in [0.717, 1.165) is 15.0 Å². The minimum Gasteiger partial charge on any atom is -0.337 e. The second-order valence-corrected chi connectivity index (χ2v) is 5.18. The van der Waals surface area contributed by atoms with Gasteiger partial charge in [0, 0.05) is 23.7 Å². The summed E-state index contributed by atoms with van der Waals surface area (Å²) in [5, 5.41) is 1.13. The molecular weight excluding hydrogens is 254 g/mol. The van der Waals surface area contributed by atoms with Crippen LogP contribution in [0.1, 0.15) is 16.6 Å². The highest BCUT2D eigenvalue weighted by Gasteiger charge is 2.15. The summed E-state index contributed by atoms with van der Waals surface area (Å²) in [5.74, 6) is 0.555. The first-order chi connectivity index (χ1) is 8.26. The lowest BCUT2D eigenvalue weighted by atomic mass is 10.2. The van der Waals surface area contributed by atoms with Crippen molar-refractivity contribution in [2.75, 3.05) is 19.0 Å². The lowest BCUT2D eigenvalue weighted by molar-refractivity contribution is 0.0779. The number of hydrogen-bond acceptors (Lipinski definition) is 2. The van der Waals surface area contributed by atoms with E-state index in [2.05, 4.69) is 0 Å². The number of carbonyl (C=O) groups excluding carboxylic acids is 1. The normalized spacial score (nSPS) is 10.7. The molecule has 2 aromatic rings. The Morgan fingerprint density at radius 1 is 1.41 bits per heavy atom. The second-order valence-electron chi connectivity index (χ2n) is 3.72. The van der Waals surface area contributed by atoms with Crippen molar-refractivity contribution in [3.8, 4) is 0 Å². The molecule has 0 aliphatic carbocycles. The Bertz CT molecular complexity index is 490. The molecule has 1 heterocycles. The molecule has 0 aliphatic rings. The van der Waals surface area contributed by atoms with Gasteiger partial charge in [0.2, 0.25) is 0 Å². The van der Waals surface area contributed by atoms with Crippen molar-refractivity contribution in [2.45, 2.75) is 6.92 Å². The molecule has 0 saturated carbocycles. The lowest BCUT2D eigenvalue weighted by Gasteiger charge is -2.18. The molecule has 0 fully saturated rings. The summed E-state index contributed by atoms with van der Waals surface area (Å²) in [6, 6.07) is 10.00. The second kappa shape index (κ2) is 5.52. The van der Waals surface area contributed by atoms with Gasteiger partial charge in [-0.05, 0) is 24.4 Å². The molecule has 1 aromatic heterocycles. The average molecular weight is 268 g/mol. The van der Waals surface area contributed by atoms with Crippen LogP contribution in [0.2, 0.25) is 0 Å². The first kappa shape index (κ1) is 12.4. The molecule has 0 radical (unpaired) electrons. The van der Waals surface area contributed by atoms with Crippen molar-refractivity contribution in [3.05, 3.63) is 35.2 Å². The quantitative estimate of drug-likeness (QED) is 0.775. The van der Waals surface area contributed by atoms with E-state index in [0.29, 0.717) is 19.0 Å². The van der Waals surface area contributed by atoms with Crippen molar-refractivity contribution in [1.82, 2.24) is 4.90 Å². The molecule has 0 aliphatic heterocycles. The fourth-order valence-corrected chi connectivity index (χ4v) is 2.98. The number of carbonyl (C=O) groups is 1. The Labute approximate surface area is 110 Å². The maximum atomic E-state index is 12.2. The first-order valence-corrected chi connectivity index (χ1v) is 6.95. The van der Waals surface area contributed by atoms with E-state index in [1.165, 1.54) is 0 Å². The Morgan fingerprint density at radius 2 is 2.18 bits per heavy atom. The van der Waals surface area contributed by atoms with E-state index in [4.69, 9.17) is 11.6 Å². The van der Waals surface area contributed by atoms with Crippen LogP contribution in [-0.2, 0) is 0 Å². The molecule has 1 aromatic carbocycles. The largest absolute Gasteiger partial charge is 0.337 e. The van der Waals surface area contributed by atoms with Crippen molar-refractivity contribution in [3.63, 3.8) is 0 Å². The highest BCUT2D eigenvalue weighted by molar-refractivity contribution is 7.20. The minimum atomic E-state index is 0.0781. The smallest absolute Gasteiger partial charge is 0.263 e. The van der Waals surface area contributed by atoms with Gasteiger partial charge in [0.25, 0.3) is 5.91 Å². The predicted octanol–water partition coefficient (Wildman–Crippen LogP) is 3.60. The predicted molar refractivity (Wildman–Crippen MR) is 74.1 cm³/mol.